The van der Waals surface area contributed by atoms with Gasteiger partial charge in [-0.05, 0) is 12.8 Å². The van der Waals surface area contributed by atoms with Gasteiger partial charge in [0.2, 0.25) is 0 Å². The van der Waals surface area contributed by atoms with Crippen LogP contribution in [-0.4, -0.2) is 23.7 Å². The number of carbonyl (C=O) groups is 1. The molecule has 3 nitrogen and oxygen atoms in total. The zero-order chi connectivity index (χ0) is 13.6. The number of carboxylic acid groups (broad SMARTS) is 1. The summed E-state index contributed by atoms with van der Waals surface area (Å²) < 4.78 is 0. The fraction of sp³-hybridized carbons (Fsp3) is 0.933. The minimum atomic E-state index is -0.715. The Hall–Kier alpha value is -0.570. The summed E-state index contributed by atoms with van der Waals surface area (Å²) in [5, 5.41) is 11.9. The van der Waals surface area contributed by atoms with E-state index in [1.807, 2.05) is 0 Å². The van der Waals surface area contributed by atoms with Crippen LogP contribution in [0, 0.1) is 0 Å². The Labute approximate surface area is 112 Å². The van der Waals surface area contributed by atoms with Crippen LogP contribution in [-0.2, 0) is 4.79 Å². The summed E-state index contributed by atoms with van der Waals surface area (Å²) in [6.45, 7) is 5.01. The number of rotatable bonds is 13. The second-order valence-corrected chi connectivity index (χ2v) is 5.11. The van der Waals surface area contributed by atoms with Crippen LogP contribution in [0.15, 0.2) is 0 Å². The topological polar surface area (TPSA) is 49.3 Å². The Balaban J connectivity index is 3.35. The van der Waals surface area contributed by atoms with Crippen molar-refractivity contribution in [1.29, 1.82) is 0 Å². The van der Waals surface area contributed by atoms with Crippen molar-refractivity contribution in [2.75, 3.05) is 6.54 Å². The highest BCUT2D eigenvalue weighted by Gasteiger charge is 2.05. The van der Waals surface area contributed by atoms with Crippen molar-refractivity contribution < 1.29 is 9.90 Å². The first kappa shape index (κ1) is 17.4. The summed E-state index contributed by atoms with van der Waals surface area (Å²) in [7, 11) is 0. The Bertz CT molecular complexity index is 195. The molecule has 2 N–H and O–H groups in total. The van der Waals surface area contributed by atoms with Gasteiger partial charge in [0.25, 0.3) is 0 Å². The maximum atomic E-state index is 10.4. The second kappa shape index (κ2) is 12.9. The summed E-state index contributed by atoms with van der Waals surface area (Å²) >= 11 is 0. The van der Waals surface area contributed by atoms with Crippen molar-refractivity contribution in [3.05, 3.63) is 0 Å². The minimum Gasteiger partial charge on any atom is -0.481 e. The van der Waals surface area contributed by atoms with Gasteiger partial charge in [0.05, 0.1) is 6.42 Å². The molecule has 1 unspecified atom stereocenters. The van der Waals surface area contributed by atoms with Crippen LogP contribution in [0.3, 0.4) is 0 Å². The van der Waals surface area contributed by atoms with Gasteiger partial charge in [0.15, 0.2) is 0 Å². The molecule has 0 bridgehead atoms. The highest BCUT2D eigenvalue weighted by molar-refractivity contribution is 5.66. The largest absolute Gasteiger partial charge is 0.481 e. The molecule has 0 saturated heterocycles. The quantitative estimate of drug-likeness (QED) is 0.491. The van der Waals surface area contributed by atoms with Gasteiger partial charge < -0.3 is 10.4 Å². The molecule has 0 rings (SSSR count). The van der Waals surface area contributed by atoms with E-state index in [0.29, 0.717) is 12.6 Å². The molecule has 0 aromatic rings. The molecule has 0 heterocycles. The van der Waals surface area contributed by atoms with E-state index in [-0.39, 0.29) is 6.42 Å². The minimum absolute atomic E-state index is 0.230. The number of unbranched alkanes of at least 4 members (excludes halogenated alkanes) is 6. The normalized spacial score (nSPS) is 12.6. The lowest BCUT2D eigenvalue weighted by Crippen LogP contribution is -2.30. The standard InChI is InChI=1S/C15H31NO2/c1-3-5-6-7-8-9-10-11-14(4-2)16-13-12-15(17)18/h14,16H,3-13H2,1-2H3,(H,17,18). The lowest BCUT2D eigenvalue weighted by molar-refractivity contribution is -0.136. The third-order valence-corrected chi connectivity index (χ3v) is 3.42. The lowest BCUT2D eigenvalue weighted by Gasteiger charge is -2.16. The number of hydrogen-bond acceptors (Lipinski definition) is 2. The second-order valence-electron chi connectivity index (χ2n) is 5.11. The Morgan fingerprint density at radius 1 is 1.06 bits per heavy atom. The van der Waals surface area contributed by atoms with Crippen molar-refractivity contribution in [3.63, 3.8) is 0 Å². The Morgan fingerprint density at radius 2 is 1.67 bits per heavy atom. The lowest BCUT2D eigenvalue weighted by atomic mass is 10.0. The predicted molar refractivity (Wildman–Crippen MR) is 76.9 cm³/mol. The maximum absolute atomic E-state index is 10.4. The average molecular weight is 257 g/mol. The van der Waals surface area contributed by atoms with E-state index in [1.54, 1.807) is 0 Å². The van der Waals surface area contributed by atoms with Crippen LogP contribution in [0.1, 0.15) is 78.1 Å². The zero-order valence-corrected chi connectivity index (χ0v) is 12.2. The molecule has 0 fully saturated rings. The number of nitrogens with one attached hydrogen (secondary N) is 1. The van der Waals surface area contributed by atoms with Crippen LogP contribution in [0.4, 0.5) is 0 Å². The molecule has 0 aliphatic carbocycles. The molecule has 0 aromatic carbocycles. The van der Waals surface area contributed by atoms with Crippen LogP contribution >= 0.6 is 0 Å². The van der Waals surface area contributed by atoms with Crippen molar-refractivity contribution >= 4 is 5.97 Å². The SMILES string of the molecule is CCCCCCCCCC(CC)NCCC(=O)O. The third kappa shape index (κ3) is 11.9. The molecule has 0 aromatic heterocycles. The van der Waals surface area contributed by atoms with Crippen LogP contribution in [0.2, 0.25) is 0 Å². The fourth-order valence-corrected chi connectivity index (χ4v) is 2.18. The molecule has 3 heteroatoms. The average Bonchev–Trinajstić information content (AvgIpc) is 2.35. The molecule has 0 saturated carbocycles. The smallest absolute Gasteiger partial charge is 0.304 e. The van der Waals surface area contributed by atoms with Crippen molar-refractivity contribution in [3.8, 4) is 0 Å². The van der Waals surface area contributed by atoms with E-state index in [4.69, 9.17) is 5.11 Å². The monoisotopic (exact) mass is 257 g/mol. The van der Waals surface area contributed by atoms with E-state index in [9.17, 15) is 4.79 Å². The summed E-state index contributed by atoms with van der Waals surface area (Å²) in [5.74, 6) is -0.715. The Kier molecular flexibility index (Phi) is 12.5. The van der Waals surface area contributed by atoms with Gasteiger partial charge in [-0.1, -0.05) is 58.8 Å². The predicted octanol–water partition coefficient (Wildman–Crippen LogP) is 3.97. The van der Waals surface area contributed by atoms with Crippen molar-refractivity contribution in [2.45, 2.75) is 84.1 Å². The first-order chi connectivity index (χ1) is 8.70. The van der Waals surface area contributed by atoms with Crippen LogP contribution in [0.5, 0.6) is 0 Å². The number of carboxylic acids is 1. The fourth-order valence-electron chi connectivity index (χ4n) is 2.18. The van der Waals surface area contributed by atoms with E-state index in [0.717, 1.165) is 6.42 Å². The molecule has 0 aliphatic heterocycles. The first-order valence-electron chi connectivity index (χ1n) is 7.65. The molecular formula is C15H31NO2. The molecule has 0 spiro atoms. The summed E-state index contributed by atoms with van der Waals surface area (Å²) in [6, 6.07) is 0.500. The molecule has 18 heavy (non-hydrogen) atoms. The van der Waals surface area contributed by atoms with E-state index < -0.39 is 5.97 Å². The van der Waals surface area contributed by atoms with E-state index in [1.165, 1.54) is 51.4 Å². The van der Waals surface area contributed by atoms with Crippen LogP contribution in [0.25, 0.3) is 0 Å². The van der Waals surface area contributed by atoms with Crippen molar-refractivity contribution in [2.24, 2.45) is 0 Å². The summed E-state index contributed by atoms with van der Waals surface area (Å²) in [4.78, 5) is 10.4. The van der Waals surface area contributed by atoms with Gasteiger partial charge in [0, 0.05) is 12.6 Å². The molecule has 0 amide bonds. The van der Waals surface area contributed by atoms with Gasteiger partial charge in [-0.25, -0.2) is 0 Å². The third-order valence-electron chi connectivity index (χ3n) is 3.42. The summed E-state index contributed by atoms with van der Waals surface area (Å²) in [5.41, 5.74) is 0. The van der Waals surface area contributed by atoms with Gasteiger partial charge in [-0.15, -0.1) is 0 Å². The highest BCUT2D eigenvalue weighted by Crippen LogP contribution is 2.10. The number of hydrogen-bond donors (Lipinski definition) is 2. The highest BCUT2D eigenvalue weighted by atomic mass is 16.4. The van der Waals surface area contributed by atoms with Gasteiger partial charge in [0.1, 0.15) is 0 Å². The molecule has 0 radical (unpaired) electrons. The van der Waals surface area contributed by atoms with E-state index in [2.05, 4.69) is 19.2 Å². The number of aliphatic carboxylic acids is 1. The summed E-state index contributed by atoms with van der Waals surface area (Å²) in [6.07, 6.45) is 11.9. The van der Waals surface area contributed by atoms with Gasteiger partial charge in [-0.2, -0.15) is 0 Å². The zero-order valence-electron chi connectivity index (χ0n) is 12.2. The van der Waals surface area contributed by atoms with Gasteiger partial charge in [-0.3, -0.25) is 4.79 Å². The molecular weight excluding hydrogens is 226 g/mol. The molecule has 1 atom stereocenters. The van der Waals surface area contributed by atoms with E-state index >= 15 is 0 Å². The van der Waals surface area contributed by atoms with Crippen molar-refractivity contribution in [1.82, 2.24) is 5.32 Å². The Morgan fingerprint density at radius 3 is 2.22 bits per heavy atom. The molecule has 0 aliphatic rings. The van der Waals surface area contributed by atoms with Gasteiger partial charge >= 0.3 is 5.97 Å². The molecule has 108 valence electrons. The first-order valence-corrected chi connectivity index (χ1v) is 7.65. The van der Waals surface area contributed by atoms with Crippen LogP contribution < -0.4 is 5.32 Å². The maximum Gasteiger partial charge on any atom is 0.304 e.